The molecule has 0 radical (unpaired) electrons. The summed E-state index contributed by atoms with van der Waals surface area (Å²) in [6.45, 7) is 0.538. The van der Waals surface area contributed by atoms with Gasteiger partial charge in [-0.15, -0.1) is 0 Å². The minimum atomic E-state index is -3.54. The van der Waals surface area contributed by atoms with E-state index >= 15 is 0 Å². The van der Waals surface area contributed by atoms with Gasteiger partial charge in [0.05, 0.1) is 24.0 Å². The Kier molecular flexibility index (Phi) is 3.84. The molecule has 1 aromatic carbocycles. The Labute approximate surface area is 149 Å². The van der Waals surface area contributed by atoms with Crippen molar-refractivity contribution in [3.8, 4) is 0 Å². The molecular formula is C18H15FN4O2S. The van der Waals surface area contributed by atoms with Crippen molar-refractivity contribution in [2.24, 2.45) is 4.99 Å². The van der Waals surface area contributed by atoms with Crippen LogP contribution in [-0.4, -0.2) is 36.4 Å². The molecule has 0 spiro atoms. The first-order chi connectivity index (χ1) is 12.4. The molecule has 0 bridgehead atoms. The molecule has 1 N–H and O–H groups in total. The summed E-state index contributed by atoms with van der Waals surface area (Å²) in [7, 11) is -3.54. The molecule has 4 rings (SSSR count). The van der Waals surface area contributed by atoms with Gasteiger partial charge in [-0.2, -0.15) is 0 Å². The standard InChI is InChI=1S/C18H15FN4O2S/c1-26(24,25)23-16(12-6-7-20-10-12)8-13-11-21-18(9-17(13)23)22-15-4-2-14(19)3-5-15/h2-6,8-11H,7H2,1H3,(H,21,22). The van der Waals surface area contributed by atoms with Crippen molar-refractivity contribution in [2.75, 3.05) is 18.1 Å². The van der Waals surface area contributed by atoms with Gasteiger partial charge in [-0.25, -0.2) is 21.8 Å². The van der Waals surface area contributed by atoms with E-state index in [1.807, 2.05) is 6.08 Å². The predicted octanol–water partition coefficient (Wildman–Crippen LogP) is 3.19. The minimum absolute atomic E-state index is 0.332. The van der Waals surface area contributed by atoms with E-state index in [1.54, 1.807) is 36.7 Å². The third-order valence-corrected chi connectivity index (χ3v) is 5.09. The highest BCUT2D eigenvalue weighted by Gasteiger charge is 2.20. The lowest BCUT2D eigenvalue weighted by atomic mass is 10.2. The van der Waals surface area contributed by atoms with E-state index in [9.17, 15) is 12.8 Å². The van der Waals surface area contributed by atoms with Crippen LogP contribution in [0.3, 0.4) is 0 Å². The van der Waals surface area contributed by atoms with Crippen molar-refractivity contribution in [2.45, 2.75) is 0 Å². The zero-order valence-corrected chi connectivity index (χ0v) is 14.7. The van der Waals surface area contributed by atoms with E-state index in [-0.39, 0.29) is 5.82 Å². The van der Waals surface area contributed by atoms with Crippen LogP contribution in [0, 0.1) is 5.82 Å². The maximum absolute atomic E-state index is 13.0. The second-order valence-electron chi connectivity index (χ2n) is 5.97. The molecule has 0 saturated heterocycles. The van der Waals surface area contributed by atoms with Crippen molar-refractivity contribution in [1.29, 1.82) is 0 Å². The fraction of sp³-hybridized carbons (Fsp3) is 0.111. The molecule has 6 nitrogen and oxygen atoms in total. The lowest BCUT2D eigenvalue weighted by molar-refractivity contribution is 0.595. The summed E-state index contributed by atoms with van der Waals surface area (Å²) in [5.41, 5.74) is 2.49. The fourth-order valence-corrected chi connectivity index (χ4v) is 3.94. The summed E-state index contributed by atoms with van der Waals surface area (Å²) in [5, 5.41) is 3.76. The Morgan fingerprint density at radius 1 is 1.19 bits per heavy atom. The Bertz CT molecular complexity index is 1160. The molecule has 26 heavy (non-hydrogen) atoms. The lowest BCUT2D eigenvalue weighted by Gasteiger charge is -2.09. The third kappa shape index (κ3) is 2.99. The minimum Gasteiger partial charge on any atom is -0.340 e. The van der Waals surface area contributed by atoms with E-state index in [0.29, 0.717) is 34.6 Å². The molecule has 0 aliphatic carbocycles. The van der Waals surface area contributed by atoms with Crippen LogP contribution in [0.5, 0.6) is 0 Å². The number of allylic oxidation sites excluding steroid dienone is 1. The molecule has 3 heterocycles. The van der Waals surface area contributed by atoms with Crippen molar-refractivity contribution < 1.29 is 12.8 Å². The number of fused-ring (bicyclic) bond motifs is 1. The molecule has 0 unspecified atom stereocenters. The van der Waals surface area contributed by atoms with Crippen molar-refractivity contribution in [3.63, 3.8) is 0 Å². The number of rotatable bonds is 4. The molecule has 132 valence electrons. The van der Waals surface area contributed by atoms with Crippen molar-refractivity contribution in [1.82, 2.24) is 8.96 Å². The molecule has 0 atom stereocenters. The number of nitrogens with zero attached hydrogens (tertiary/aromatic N) is 3. The van der Waals surface area contributed by atoms with Gasteiger partial charge in [0.2, 0.25) is 10.0 Å². The number of hydrogen-bond acceptors (Lipinski definition) is 5. The zero-order chi connectivity index (χ0) is 18.3. The number of benzene rings is 1. The Morgan fingerprint density at radius 3 is 2.62 bits per heavy atom. The number of halogens is 1. The van der Waals surface area contributed by atoms with E-state index in [1.165, 1.54) is 16.1 Å². The topological polar surface area (TPSA) is 76.3 Å². The van der Waals surface area contributed by atoms with Crippen LogP contribution in [0.4, 0.5) is 15.9 Å². The summed E-state index contributed by atoms with van der Waals surface area (Å²) in [4.78, 5) is 8.45. The van der Waals surface area contributed by atoms with Gasteiger partial charge in [0.15, 0.2) is 0 Å². The number of pyridine rings is 1. The number of nitrogens with one attached hydrogen (secondary N) is 1. The van der Waals surface area contributed by atoms with Crippen molar-refractivity contribution >= 4 is 44.2 Å². The maximum Gasteiger partial charge on any atom is 0.236 e. The molecule has 0 fully saturated rings. The Balaban J connectivity index is 1.84. The monoisotopic (exact) mass is 370 g/mol. The lowest BCUT2D eigenvalue weighted by Crippen LogP contribution is -2.13. The van der Waals surface area contributed by atoms with Crippen LogP contribution in [0.25, 0.3) is 16.5 Å². The summed E-state index contributed by atoms with van der Waals surface area (Å²) < 4.78 is 39.1. The molecule has 1 aliphatic heterocycles. The molecule has 2 aromatic heterocycles. The van der Waals surface area contributed by atoms with Crippen LogP contribution >= 0.6 is 0 Å². The summed E-state index contributed by atoms with van der Waals surface area (Å²) in [6.07, 6.45) is 6.32. The summed E-state index contributed by atoms with van der Waals surface area (Å²) in [5.74, 6) is 0.133. The molecule has 1 aliphatic rings. The van der Waals surface area contributed by atoms with E-state index in [0.717, 1.165) is 11.8 Å². The van der Waals surface area contributed by atoms with Gasteiger partial charge >= 0.3 is 0 Å². The number of aromatic nitrogens is 2. The van der Waals surface area contributed by atoms with Gasteiger partial charge in [0.25, 0.3) is 0 Å². The average Bonchev–Trinajstić information content (AvgIpc) is 3.22. The quantitative estimate of drug-likeness (QED) is 0.765. The predicted molar refractivity (Wildman–Crippen MR) is 101 cm³/mol. The van der Waals surface area contributed by atoms with E-state index in [4.69, 9.17) is 0 Å². The normalized spacial score (nSPS) is 14.0. The number of aliphatic imine (C=N–C) groups is 1. The fourth-order valence-electron chi connectivity index (χ4n) is 2.91. The molecule has 0 amide bonds. The first-order valence-electron chi connectivity index (χ1n) is 7.87. The number of hydrogen-bond donors (Lipinski definition) is 1. The second kappa shape index (κ2) is 6.06. The summed E-state index contributed by atoms with van der Waals surface area (Å²) >= 11 is 0. The van der Waals surface area contributed by atoms with Gasteiger partial charge < -0.3 is 5.32 Å². The van der Waals surface area contributed by atoms with Gasteiger partial charge in [0.1, 0.15) is 11.6 Å². The zero-order valence-electron chi connectivity index (χ0n) is 13.8. The first-order valence-corrected chi connectivity index (χ1v) is 9.72. The van der Waals surface area contributed by atoms with Gasteiger partial charge in [0, 0.05) is 35.1 Å². The number of anilines is 2. The molecule has 3 aromatic rings. The van der Waals surface area contributed by atoms with Crippen LogP contribution in [0.1, 0.15) is 5.69 Å². The Hall–Kier alpha value is -3.00. The van der Waals surface area contributed by atoms with Crippen LogP contribution < -0.4 is 5.32 Å². The molecule has 8 heteroatoms. The average molecular weight is 370 g/mol. The molecular weight excluding hydrogens is 355 g/mol. The highest BCUT2D eigenvalue weighted by molar-refractivity contribution is 7.89. The van der Waals surface area contributed by atoms with Crippen LogP contribution in [-0.2, 0) is 10.0 Å². The second-order valence-corrected chi connectivity index (χ2v) is 7.80. The van der Waals surface area contributed by atoms with Crippen molar-refractivity contribution in [3.05, 3.63) is 60.2 Å². The van der Waals surface area contributed by atoms with E-state index < -0.39 is 10.0 Å². The highest BCUT2D eigenvalue weighted by Crippen LogP contribution is 2.29. The van der Waals surface area contributed by atoms with Gasteiger partial charge in [-0.1, -0.05) is 6.08 Å². The smallest absolute Gasteiger partial charge is 0.236 e. The maximum atomic E-state index is 13.0. The van der Waals surface area contributed by atoms with E-state index in [2.05, 4.69) is 15.3 Å². The van der Waals surface area contributed by atoms with Crippen LogP contribution in [0.15, 0.2) is 53.7 Å². The highest BCUT2D eigenvalue weighted by atomic mass is 32.2. The SMILES string of the molecule is CS(=O)(=O)n1c(C2=CCN=C2)cc2cnc(Nc3ccc(F)cc3)cc21. The first kappa shape index (κ1) is 16.5. The third-order valence-electron chi connectivity index (χ3n) is 4.03. The summed E-state index contributed by atoms with van der Waals surface area (Å²) in [6, 6.07) is 9.29. The van der Waals surface area contributed by atoms with Crippen LogP contribution in [0.2, 0.25) is 0 Å². The van der Waals surface area contributed by atoms with Gasteiger partial charge in [-0.05, 0) is 30.3 Å². The Morgan fingerprint density at radius 2 is 1.96 bits per heavy atom. The van der Waals surface area contributed by atoms with Gasteiger partial charge in [-0.3, -0.25) is 4.99 Å². The largest absolute Gasteiger partial charge is 0.340 e. The molecule has 0 saturated carbocycles.